The highest BCUT2D eigenvalue weighted by molar-refractivity contribution is 7.89. The summed E-state index contributed by atoms with van der Waals surface area (Å²) < 4.78 is 55.7. The third-order valence-electron chi connectivity index (χ3n) is 5.83. The maximum Gasteiger partial charge on any atom is 0.327 e. The molecular weight excluding hydrogens is 516 g/mol. The Hall–Kier alpha value is -3.67. The standard InChI is InChI=1S/C26H26N2O7S2/c29-26(30)23(11-6-7-16-27-37(33,34)17-15-19-8-2-1-3-9-19)28(36(31)32)20-13-14-25-22(18-20)21-10-4-5-12-24(21)35-25/h1-5,7-10,12-14,16,18,23,27H,6,11,15,17H2,(H,29,30)(H,31,32). The molecule has 3 aromatic carbocycles. The summed E-state index contributed by atoms with van der Waals surface area (Å²) in [6.07, 6.45) is 3.22. The molecular formula is C26H26N2O7S2. The first-order valence-electron chi connectivity index (χ1n) is 11.5. The van der Waals surface area contributed by atoms with Crippen molar-refractivity contribution in [3.8, 4) is 0 Å². The second-order valence-electron chi connectivity index (χ2n) is 8.34. The van der Waals surface area contributed by atoms with E-state index in [1.807, 2.05) is 48.5 Å². The number of anilines is 1. The minimum absolute atomic E-state index is 0.0337. The van der Waals surface area contributed by atoms with Gasteiger partial charge in [-0.1, -0.05) is 54.6 Å². The van der Waals surface area contributed by atoms with Gasteiger partial charge >= 0.3 is 5.97 Å². The third-order valence-corrected chi connectivity index (χ3v) is 7.86. The molecule has 0 amide bonds. The summed E-state index contributed by atoms with van der Waals surface area (Å²) in [7, 11) is -3.56. The van der Waals surface area contributed by atoms with Crippen LogP contribution in [0.25, 0.3) is 21.9 Å². The van der Waals surface area contributed by atoms with Crippen LogP contribution < -0.4 is 9.03 Å². The molecule has 0 radical (unpaired) electrons. The molecule has 1 heterocycles. The van der Waals surface area contributed by atoms with E-state index in [1.54, 1.807) is 18.2 Å². The molecule has 0 aliphatic carbocycles. The van der Waals surface area contributed by atoms with E-state index in [-0.39, 0.29) is 24.3 Å². The van der Waals surface area contributed by atoms with Crippen molar-refractivity contribution in [2.24, 2.45) is 0 Å². The second-order valence-corrected chi connectivity index (χ2v) is 11.1. The van der Waals surface area contributed by atoms with Crippen molar-refractivity contribution >= 4 is 54.9 Å². The quantitative estimate of drug-likeness (QED) is 0.225. The van der Waals surface area contributed by atoms with Gasteiger partial charge in [-0.2, -0.15) is 0 Å². The van der Waals surface area contributed by atoms with Crippen molar-refractivity contribution in [3.63, 3.8) is 0 Å². The van der Waals surface area contributed by atoms with E-state index < -0.39 is 33.3 Å². The number of benzene rings is 3. The average Bonchev–Trinajstić information content (AvgIpc) is 3.25. The zero-order valence-corrected chi connectivity index (χ0v) is 21.3. The van der Waals surface area contributed by atoms with Gasteiger partial charge in [-0.05, 0) is 49.1 Å². The Morgan fingerprint density at radius 2 is 1.73 bits per heavy atom. The molecule has 11 heteroatoms. The van der Waals surface area contributed by atoms with Crippen LogP contribution in [0.3, 0.4) is 0 Å². The van der Waals surface area contributed by atoms with Crippen LogP contribution in [0.4, 0.5) is 5.69 Å². The van der Waals surface area contributed by atoms with Crippen molar-refractivity contribution in [2.45, 2.75) is 25.3 Å². The monoisotopic (exact) mass is 542 g/mol. The van der Waals surface area contributed by atoms with E-state index >= 15 is 0 Å². The van der Waals surface area contributed by atoms with Gasteiger partial charge < -0.3 is 9.52 Å². The Kier molecular flexibility index (Phi) is 8.27. The van der Waals surface area contributed by atoms with Gasteiger partial charge in [0.25, 0.3) is 11.3 Å². The summed E-state index contributed by atoms with van der Waals surface area (Å²) in [6, 6.07) is 20.0. The number of para-hydroxylation sites is 1. The van der Waals surface area contributed by atoms with Crippen LogP contribution in [0.1, 0.15) is 18.4 Å². The zero-order valence-electron chi connectivity index (χ0n) is 19.7. The van der Waals surface area contributed by atoms with E-state index in [9.17, 15) is 27.1 Å². The fourth-order valence-corrected chi connectivity index (χ4v) is 5.65. The number of hydrogen-bond donors (Lipinski definition) is 3. The molecule has 3 N–H and O–H groups in total. The number of fused-ring (bicyclic) bond motifs is 3. The molecule has 1 aromatic heterocycles. The summed E-state index contributed by atoms with van der Waals surface area (Å²) in [5, 5.41) is 11.3. The first-order chi connectivity index (χ1) is 17.7. The number of hydrogen-bond acceptors (Lipinski definition) is 5. The average molecular weight is 543 g/mol. The van der Waals surface area contributed by atoms with E-state index in [0.717, 1.165) is 15.3 Å². The van der Waals surface area contributed by atoms with E-state index in [1.165, 1.54) is 18.3 Å². The predicted octanol–water partition coefficient (Wildman–Crippen LogP) is 4.44. The molecule has 9 nitrogen and oxygen atoms in total. The topological polar surface area (TPSA) is 137 Å². The summed E-state index contributed by atoms with van der Waals surface area (Å²) >= 11 is -2.63. The highest BCUT2D eigenvalue weighted by Crippen LogP contribution is 2.33. The minimum atomic E-state index is -3.56. The number of nitrogens with one attached hydrogen (secondary N) is 1. The fourth-order valence-electron chi connectivity index (χ4n) is 4.02. The van der Waals surface area contributed by atoms with Gasteiger partial charge in [0.05, 0.1) is 11.4 Å². The zero-order chi connectivity index (χ0) is 26.4. The SMILES string of the molecule is O=C(O)C(CCC=CNS(=O)(=O)CCc1ccccc1)N(c1ccc2oc3ccccc3c2c1)S(=O)O. The van der Waals surface area contributed by atoms with Crippen LogP contribution in [-0.4, -0.2) is 40.0 Å². The molecule has 0 aliphatic rings. The number of allylic oxidation sites excluding steroid dienone is 1. The number of aryl methyl sites for hydroxylation is 1. The van der Waals surface area contributed by atoms with Crippen LogP contribution in [0.2, 0.25) is 0 Å². The lowest BCUT2D eigenvalue weighted by molar-refractivity contribution is -0.138. The van der Waals surface area contributed by atoms with Gasteiger partial charge in [0, 0.05) is 17.0 Å². The van der Waals surface area contributed by atoms with Crippen molar-refractivity contribution < 1.29 is 31.5 Å². The number of aliphatic carboxylic acids is 1. The number of sulfonamides is 1. The van der Waals surface area contributed by atoms with Crippen molar-refractivity contribution in [1.82, 2.24) is 4.72 Å². The Morgan fingerprint density at radius 3 is 2.46 bits per heavy atom. The summed E-state index contributed by atoms with van der Waals surface area (Å²) in [5.41, 5.74) is 2.37. The molecule has 4 rings (SSSR count). The van der Waals surface area contributed by atoms with Gasteiger partial charge in [0.15, 0.2) is 0 Å². The molecule has 0 saturated heterocycles. The lowest BCUT2D eigenvalue weighted by Gasteiger charge is -2.26. The maximum absolute atomic E-state index is 12.2. The Labute approximate surface area is 216 Å². The Bertz CT molecular complexity index is 1550. The van der Waals surface area contributed by atoms with Gasteiger partial charge in [-0.3, -0.25) is 13.6 Å². The molecule has 0 bridgehead atoms. The van der Waals surface area contributed by atoms with Crippen LogP contribution in [-0.2, 0) is 32.5 Å². The van der Waals surface area contributed by atoms with Crippen LogP contribution >= 0.6 is 0 Å². The molecule has 194 valence electrons. The molecule has 37 heavy (non-hydrogen) atoms. The third kappa shape index (κ3) is 6.56. The van der Waals surface area contributed by atoms with Crippen LogP contribution in [0.5, 0.6) is 0 Å². The van der Waals surface area contributed by atoms with Crippen molar-refractivity contribution in [3.05, 3.63) is 90.6 Å². The normalized spacial score (nSPS) is 13.6. The molecule has 0 fully saturated rings. The van der Waals surface area contributed by atoms with Gasteiger partial charge in [0.1, 0.15) is 17.2 Å². The molecule has 0 aliphatic heterocycles. The number of carbonyl (C=O) groups is 1. The number of nitrogens with zero attached hydrogens (tertiary/aromatic N) is 1. The molecule has 4 aromatic rings. The number of carboxylic acids is 1. The lowest BCUT2D eigenvalue weighted by atomic mass is 10.1. The second kappa shape index (κ2) is 11.6. The smallest absolute Gasteiger partial charge is 0.327 e. The van der Waals surface area contributed by atoms with Gasteiger partial charge in [-0.25, -0.2) is 17.4 Å². The maximum atomic E-state index is 12.2. The van der Waals surface area contributed by atoms with Gasteiger partial charge in [0.2, 0.25) is 10.0 Å². The van der Waals surface area contributed by atoms with E-state index in [0.29, 0.717) is 23.0 Å². The number of furan rings is 1. The van der Waals surface area contributed by atoms with Crippen LogP contribution in [0.15, 0.2) is 89.5 Å². The largest absolute Gasteiger partial charge is 0.480 e. The highest BCUT2D eigenvalue weighted by Gasteiger charge is 2.30. The molecule has 2 unspecified atom stereocenters. The summed E-state index contributed by atoms with van der Waals surface area (Å²) in [5.74, 6) is -1.38. The molecule has 2 atom stereocenters. The van der Waals surface area contributed by atoms with Crippen molar-refractivity contribution in [1.29, 1.82) is 0 Å². The summed E-state index contributed by atoms with van der Waals surface area (Å²) in [4.78, 5) is 12.0. The summed E-state index contributed by atoms with van der Waals surface area (Å²) in [6.45, 7) is 0. The van der Waals surface area contributed by atoms with Crippen molar-refractivity contribution in [2.75, 3.05) is 10.1 Å². The Morgan fingerprint density at radius 1 is 1.03 bits per heavy atom. The molecule has 0 spiro atoms. The first-order valence-corrected chi connectivity index (χ1v) is 14.2. The van der Waals surface area contributed by atoms with E-state index in [2.05, 4.69) is 4.72 Å². The minimum Gasteiger partial charge on any atom is -0.480 e. The highest BCUT2D eigenvalue weighted by atomic mass is 32.2. The number of carboxylic acid groups (broad SMARTS) is 1. The lowest BCUT2D eigenvalue weighted by Crippen LogP contribution is -2.42. The number of rotatable bonds is 12. The predicted molar refractivity (Wildman–Crippen MR) is 144 cm³/mol. The van der Waals surface area contributed by atoms with E-state index in [4.69, 9.17) is 4.42 Å². The van der Waals surface area contributed by atoms with Crippen LogP contribution in [0, 0.1) is 0 Å². The van der Waals surface area contributed by atoms with Gasteiger partial charge in [-0.15, -0.1) is 0 Å². The molecule has 0 saturated carbocycles. The first kappa shape index (κ1) is 26.4. The fraction of sp³-hybridized carbons (Fsp3) is 0.192. The Balaban J connectivity index is 1.43.